The standard InChI is InChI=1S/C22H18F4N2O3/c1-2-28-13-15(7-10-20(28)30)19(29)12-17(21-18(23)4-3-11-27-21)14-5-8-16(9-6-14)31-22(24,25)26/h3-11,13,17H,2,12H2,1H3/t17-/m0/s1. The first-order valence-corrected chi connectivity index (χ1v) is 9.37. The van der Waals surface area contributed by atoms with Gasteiger partial charge in [0.15, 0.2) is 5.78 Å². The van der Waals surface area contributed by atoms with Gasteiger partial charge in [0.2, 0.25) is 0 Å². The van der Waals surface area contributed by atoms with Crippen molar-refractivity contribution in [1.82, 2.24) is 9.55 Å². The van der Waals surface area contributed by atoms with Crippen LogP contribution in [-0.2, 0) is 6.54 Å². The van der Waals surface area contributed by atoms with Crippen LogP contribution in [0, 0.1) is 5.82 Å². The van der Waals surface area contributed by atoms with E-state index < -0.39 is 23.8 Å². The molecular formula is C22H18F4N2O3. The van der Waals surface area contributed by atoms with Crippen LogP contribution in [0.3, 0.4) is 0 Å². The van der Waals surface area contributed by atoms with E-state index in [0.29, 0.717) is 12.1 Å². The third-order valence-electron chi connectivity index (χ3n) is 4.67. The largest absolute Gasteiger partial charge is 0.573 e. The molecule has 0 bridgehead atoms. The number of carbonyl (C=O) groups is 1. The SMILES string of the molecule is CCn1cc(C(=O)C[C@@H](c2ccc(OC(F)(F)F)cc2)c2ncccc2F)ccc1=O. The lowest BCUT2D eigenvalue weighted by molar-refractivity contribution is -0.274. The van der Waals surface area contributed by atoms with Crippen LogP contribution in [0.5, 0.6) is 5.75 Å². The Labute approximate surface area is 174 Å². The molecule has 0 aliphatic heterocycles. The fourth-order valence-electron chi connectivity index (χ4n) is 3.18. The van der Waals surface area contributed by atoms with Crippen molar-refractivity contribution in [1.29, 1.82) is 0 Å². The molecule has 0 radical (unpaired) electrons. The highest BCUT2D eigenvalue weighted by atomic mass is 19.4. The van der Waals surface area contributed by atoms with Crippen molar-refractivity contribution >= 4 is 5.78 Å². The molecule has 3 aromatic rings. The number of hydrogen-bond acceptors (Lipinski definition) is 4. The summed E-state index contributed by atoms with van der Waals surface area (Å²) in [5, 5.41) is 0. The Kier molecular flexibility index (Phi) is 6.53. The monoisotopic (exact) mass is 434 g/mol. The average molecular weight is 434 g/mol. The number of ether oxygens (including phenoxy) is 1. The molecule has 0 aliphatic carbocycles. The number of hydrogen-bond donors (Lipinski definition) is 0. The number of rotatable bonds is 7. The highest BCUT2D eigenvalue weighted by molar-refractivity contribution is 5.96. The summed E-state index contributed by atoms with van der Waals surface area (Å²) >= 11 is 0. The highest BCUT2D eigenvalue weighted by Gasteiger charge is 2.31. The Bertz CT molecular complexity index is 1120. The van der Waals surface area contributed by atoms with Crippen LogP contribution >= 0.6 is 0 Å². The summed E-state index contributed by atoms with van der Waals surface area (Å²) in [6.07, 6.45) is -2.24. The molecule has 0 fully saturated rings. The number of carbonyl (C=O) groups excluding carboxylic acids is 1. The second-order valence-corrected chi connectivity index (χ2v) is 6.71. The summed E-state index contributed by atoms with van der Waals surface area (Å²) in [6, 6.07) is 10.1. The lowest BCUT2D eigenvalue weighted by Crippen LogP contribution is -2.20. The molecule has 0 saturated carbocycles. The first-order chi connectivity index (χ1) is 14.7. The van der Waals surface area contributed by atoms with Crippen molar-refractivity contribution in [2.45, 2.75) is 32.2 Å². The molecule has 1 aromatic carbocycles. The number of ketones is 1. The Hall–Kier alpha value is -3.49. The Morgan fingerprint density at radius 2 is 1.84 bits per heavy atom. The van der Waals surface area contributed by atoms with Gasteiger partial charge in [-0.15, -0.1) is 13.2 Å². The number of halogens is 4. The molecule has 0 N–H and O–H groups in total. The number of aryl methyl sites for hydroxylation is 1. The van der Waals surface area contributed by atoms with Crippen LogP contribution in [0.25, 0.3) is 0 Å². The Morgan fingerprint density at radius 3 is 2.45 bits per heavy atom. The molecule has 2 heterocycles. The molecule has 0 saturated heterocycles. The number of nitrogens with zero attached hydrogens (tertiary/aromatic N) is 2. The van der Waals surface area contributed by atoms with Gasteiger partial charge in [-0.3, -0.25) is 14.6 Å². The lowest BCUT2D eigenvalue weighted by atomic mass is 9.88. The fourth-order valence-corrected chi connectivity index (χ4v) is 3.18. The predicted molar refractivity (Wildman–Crippen MR) is 104 cm³/mol. The Balaban J connectivity index is 1.95. The van der Waals surface area contributed by atoms with Gasteiger partial charge in [-0.05, 0) is 42.8 Å². The van der Waals surface area contributed by atoms with Gasteiger partial charge >= 0.3 is 6.36 Å². The van der Waals surface area contributed by atoms with Crippen molar-refractivity contribution in [2.75, 3.05) is 0 Å². The minimum absolute atomic E-state index is 0.0100. The zero-order valence-electron chi connectivity index (χ0n) is 16.4. The minimum atomic E-state index is -4.84. The van der Waals surface area contributed by atoms with Crippen molar-refractivity contribution in [3.8, 4) is 5.75 Å². The zero-order valence-corrected chi connectivity index (χ0v) is 16.4. The van der Waals surface area contributed by atoms with Gasteiger partial charge in [0.25, 0.3) is 5.56 Å². The maximum absolute atomic E-state index is 14.5. The molecule has 3 rings (SSSR count). The van der Waals surface area contributed by atoms with E-state index in [2.05, 4.69) is 9.72 Å². The third-order valence-corrected chi connectivity index (χ3v) is 4.67. The molecule has 31 heavy (non-hydrogen) atoms. The number of aromatic nitrogens is 2. The van der Waals surface area contributed by atoms with E-state index in [0.717, 1.165) is 12.1 Å². The predicted octanol–water partition coefficient (Wildman–Crippen LogP) is 4.71. The van der Waals surface area contributed by atoms with Gasteiger partial charge in [0, 0.05) is 42.9 Å². The highest BCUT2D eigenvalue weighted by Crippen LogP contribution is 2.32. The molecule has 162 valence electrons. The summed E-state index contributed by atoms with van der Waals surface area (Å²) in [4.78, 5) is 28.7. The van der Waals surface area contributed by atoms with Gasteiger partial charge < -0.3 is 9.30 Å². The zero-order chi connectivity index (χ0) is 22.6. The van der Waals surface area contributed by atoms with Gasteiger partial charge in [0.1, 0.15) is 11.6 Å². The van der Waals surface area contributed by atoms with Crippen molar-refractivity contribution < 1.29 is 27.1 Å². The van der Waals surface area contributed by atoms with E-state index in [9.17, 15) is 27.2 Å². The number of Topliss-reactive ketones (excluding diaryl/α,β-unsaturated/α-hetero) is 1. The van der Waals surface area contributed by atoms with Crippen molar-refractivity contribution in [3.05, 3.63) is 93.9 Å². The van der Waals surface area contributed by atoms with Crippen molar-refractivity contribution in [2.24, 2.45) is 0 Å². The Morgan fingerprint density at radius 1 is 1.13 bits per heavy atom. The average Bonchev–Trinajstić information content (AvgIpc) is 2.72. The molecule has 0 unspecified atom stereocenters. The summed E-state index contributed by atoms with van der Waals surface area (Å²) in [7, 11) is 0. The molecule has 1 atom stereocenters. The number of benzene rings is 1. The second-order valence-electron chi connectivity index (χ2n) is 6.71. The first-order valence-electron chi connectivity index (χ1n) is 9.37. The van der Waals surface area contributed by atoms with Gasteiger partial charge in [0.05, 0.1) is 5.69 Å². The quantitative estimate of drug-likeness (QED) is 0.399. The maximum atomic E-state index is 14.5. The molecular weight excluding hydrogens is 416 g/mol. The van der Waals surface area contributed by atoms with Crippen LogP contribution in [0.4, 0.5) is 17.6 Å². The molecule has 5 nitrogen and oxygen atoms in total. The number of pyridine rings is 2. The lowest BCUT2D eigenvalue weighted by Gasteiger charge is -2.18. The van der Waals surface area contributed by atoms with E-state index in [-0.39, 0.29) is 29.0 Å². The number of alkyl halides is 3. The second kappa shape index (κ2) is 9.11. The van der Waals surface area contributed by atoms with Gasteiger partial charge in [-0.1, -0.05) is 12.1 Å². The fraction of sp³-hybridized carbons (Fsp3) is 0.227. The van der Waals surface area contributed by atoms with E-state index in [1.807, 2.05) is 0 Å². The van der Waals surface area contributed by atoms with Crippen LogP contribution in [-0.4, -0.2) is 21.7 Å². The molecule has 9 heteroatoms. The topological polar surface area (TPSA) is 61.2 Å². The van der Waals surface area contributed by atoms with E-state index in [4.69, 9.17) is 0 Å². The molecule has 0 aliphatic rings. The molecule has 0 spiro atoms. The van der Waals surface area contributed by atoms with Gasteiger partial charge in [-0.25, -0.2) is 4.39 Å². The summed E-state index contributed by atoms with van der Waals surface area (Å²) in [5.74, 6) is -2.30. The van der Waals surface area contributed by atoms with Crippen LogP contribution in [0.1, 0.15) is 40.9 Å². The van der Waals surface area contributed by atoms with E-state index in [1.54, 1.807) is 6.92 Å². The van der Waals surface area contributed by atoms with Crippen LogP contribution in [0.2, 0.25) is 0 Å². The molecule has 0 amide bonds. The van der Waals surface area contributed by atoms with Gasteiger partial charge in [-0.2, -0.15) is 0 Å². The molecule has 2 aromatic heterocycles. The normalized spacial score (nSPS) is 12.4. The first kappa shape index (κ1) is 22.2. The van der Waals surface area contributed by atoms with E-state index in [1.165, 1.54) is 53.4 Å². The summed E-state index contributed by atoms with van der Waals surface area (Å²) < 4.78 is 56.9. The summed E-state index contributed by atoms with van der Waals surface area (Å²) in [5.41, 5.74) is 0.389. The smallest absolute Gasteiger partial charge is 0.406 e. The van der Waals surface area contributed by atoms with Crippen LogP contribution in [0.15, 0.2) is 65.7 Å². The van der Waals surface area contributed by atoms with E-state index >= 15 is 0 Å². The third kappa shape index (κ3) is 5.56. The van der Waals surface area contributed by atoms with Crippen molar-refractivity contribution in [3.63, 3.8) is 0 Å². The minimum Gasteiger partial charge on any atom is -0.406 e. The maximum Gasteiger partial charge on any atom is 0.573 e. The van der Waals surface area contributed by atoms with Crippen LogP contribution < -0.4 is 10.3 Å². The summed E-state index contributed by atoms with van der Waals surface area (Å²) in [6.45, 7) is 2.13.